The van der Waals surface area contributed by atoms with E-state index in [0.29, 0.717) is 11.8 Å². The Bertz CT molecular complexity index is 889. The molecule has 1 saturated carbocycles. The number of aliphatic carboxylic acids is 1. The third kappa shape index (κ3) is 1.92. The number of carboxylic acids is 1. The van der Waals surface area contributed by atoms with E-state index >= 15 is 0 Å². The number of hydrogen-bond acceptors (Lipinski definition) is 3. The Hall–Kier alpha value is -2.01. The fourth-order valence-electron chi connectivity index (χ4n) is 6.25. The van der Waals surface area contributed by atoms with Crippen molar-refractivity contribution in [3.8, 4) is 5.75 Å². The number of carbonyl (C=O) groups is 1. The molecule has 2 N–H and O–H groups in total. The molecule has 5 nitrogen and oxygen atoms in total. The molecule has 0 radical (unpaired) electrons. The summed E-state index contributed by atoms with van der Waals surface area (Å²) in [4.78, 5) is 18.8. The average molecular weight is 354 g/mol. The summed E-state index contributed by atoms with van der Waals surface area (Å²) >= 11 is 0. The van der Waals surface area contributed by atoms with Crippen LogP contribution in [0.15, 0.2) is 18.2 Å². The van der Waals surface area contributed by atoms with Crippen LogP contribution in [0.3, 0.4) is 0 Å². The van der Waals surface area contributed by atoms with Crippen molar-refractivity contribution >= 4 is 16.9 Å². The zero-order valence-electron chi connectivity index (χ0n) is 15.4. The van der Waals surface area contributed by atoms with E-state index in [0.717, 1.165) is 54.7 Å². The first-order valence-corrected chi connectivity index (χ1v) is 9.75. The number of fused-ring (bicyclic) bond motifs is 4. The summed E-state index contributed by atoms with van der Waals surface area (Å²) in [5.41, 5.74) is 2.37. The SMILES string of the molecule is CC[C@H]1C[C@@H]2CN3CCc4c([nH]c5ccc(OC)cc45)[C@](C(=O)O)(C2)[C@H]13. The number of aromatic amines is 1. The number of benzene rings is 1. The van der Waals surface area contributed by atoms with E-state index in [4.69, 9.17) is 4.74 Å². The number of methoxy groups -OCH3 is 1. The van der Waals surface area contributed by atoms with Crippen LogP contribution in [-0.2, 0) is 16.6 Å². The number of rotatable bonds is 3. The first-order chi connectivity index (χ1) is 12.6. The molecule has 4 aliphatic rings. The standard InChI is InChI=1S/C21H26N2O3/c1-3-13-8-12-10-21(20(24)25)18-15(6-7-23(11-12)19(13)21)16-9-14(26-2)4-5-17(16)22-18/h4-5,9,12-13,19,22H,3,6-8,10-11H2,1-2H3,(H,24,25)/t12-,13-,19-,21+/m0/s1. The van der Waals surface area contributed by atoms with Gasteiger partial charge >= 0.3 is 5.97 Å². The van der Waals surface area contributed by atoms with Gasteiger partial charge in [-0.3, -0.25) is 9.69 Å². The lowest BCUT2D eigenvalue weighted by Crippen LogP contribution is -2.67. The van der Waals surface area contributed by atoms with Crippen LogP contribution in [0.25, 0.3) is 10.9 Å². The molecule has 3 fully saturated rings. The number of H-pyrrole nitrogens is 1. The van der Waals surface area contributed by atoms with Crippen LogP contribution in [0.2, 0.25) is 0 Å². The van der Waals surface area contributed by atoms with E-state index in [9.17, 15) is 9.90 Å². The van der Waals surface area contributed by atoms with Gasteiger partial charge < -0.3 is 14.8 Å². The molecule has 0 amide bonds. The topological polar surface area (TPSA) is 65.6 Å². The van der Waals surface area contributed by atoms with Gasteiger partial charge in [0.1, 0.15) is 11.2 Å². The van der Waals surface area contributed by atoms with Crippen LogP contribution in [0.1, 0.15) is 37.4 Å². The van der Waals surface area contributed by atoms with Gasteiger partial charge in [0, 0.05) is 35.7 Å². The highest BCUT2D eigenvalue weighted by atomic mass is 16.5. The molecule has 138 valence electrons. The molecule has 4 heterocycles. The fourth-order valence-corrected chi connectivity index (χ4v) is 6.25. The predicted molar refractivity (Wildman–Crippen MR) is 99.7 cm³/mol. The van der Waals surface area contributed by atoms with E-state index < -0.39 is 11.4 Å². The number of aromatic nitrogens is 1. The molecule has 6 rings (SSSR count). The molecule has 26 heavy (non-hydrogen) atoms. The molecular weight excluding hydrogens is 328 g/mol. The third-order valence-corrected chi connectivity index (χ3v) is 7.20. The van der Waals surface area contributed by atoms with Gasteiger partial charge in [0.15, 0.2) is 0 Å². The molecule has 4 bridgehead atoms. The third-order valence-electron chi connectivity index (χ3n) is 7.20. The minimum Gasteiger partial charge on any atom is -0.497 e. The highest BCUT2D eigenvalue weighted by Gasteiger charge is 2.62. The Morgan fingerprint density at radius 1 is 1.46 bits per heavy atom. The molecule has 2 aromatic rings. The Morgan fingerprint density at radius 3 is 3.04 bits per heavy atom. The number of nitrogens with zero attached hydrogens (tertiary/aromatic N) is 1. The maximum Gasteiger partial charge on any atom is 0.317 e. The van der Waals surface area contributed by atoms with E-state index in [1.807, 2.05) is 12.1 Å². The largest absolute Gasteiger partial charge is 0.497 e. The maximum absolute atomic E-state index is 12.8. The van der Waals surface area contributed by atoms with Gasteiger partial charge in [0.2, 0.25) is 0 Å². The molecule has 5 atom stereocenters. The van der Waals surface area contributed by atoms with Crippen molar-refractivity contribution < 1.29 is 14.6 Å². The molecule has 1 aromatic carbocycles. The molecule has 5 heteroatoms. The van der Waals surface area contributed by atoms with Crippen LogP contribution >= 0.6 is 0 Å². The Labute approximate surface area is 153 Å². The monoisotopic (exact) mass is 354 g/mol. The summed E-state index contributed by atoms with van der Waals surface area (Å²) < 4.78 is 5.42. The lowest BCUT2D eigenvalue weighted by molar-refractivity contribution is -0.158. The van der Waals surface area contributed by atoms with Gasteiger partial charge in [-0.1, -0.05) is 13.3 Å². The summed E-state index contributed by atoms with van der Waals surface area (Å²) in [5.74, 6) is 1.11. The Balaban J connectivity index is 1.78. The minimum absolute atomic E-state index is 0.103. The second kappa shape index (κ2) is 5.49. The van der Waals surface area contributed by atoms with Gasteiger partial charge in [-0.2, -0.15) is 0 Å². The summed E-state index contributed by atoms with van der Waals surface area (Å²) in [6, 6.07) is 6.13. The Kier molecular flexibility index (Phi) is 3.42. The van der Waals surface area contributed by atoms with Crippen LogP contribution in [0, 0.1) is 11.8 Å². The van der Waals surface area contributed by atoms with Crippen LogP contribution in [0.4, 0.5) is 0 Å². The van der Waals surface area contributed by atoms with Gasteiger partial charge in [-0.15, -0.1) is 0 Å². The molecule has 2 saturated heterocycles. The molecule has 0 spiro atoms. The first kappa shape index (κ1) is 16.2. The van der Waals surface area contributed by atoms with Crippen LogP contribution in [0.5, 0.6) is 5.75 Å². The van der Waals surface area contributed by atoms with E-state index in [1.54, 1.807) is 7.11 Å². The van der Waals surface area contributed by atoms with Crippen molar-refractivity contribution in [3.05, 3.63) is 29.5 Å². The van der Waals surface area contributed by atoms with Crippen molar-refractivity contribution in [2.75, 3.05) is 20.2 Å². The van der Waals surface area contributed by atoms with Crippen molar-refractivity contribution in [2.24, 2.45) is 11.8 Å². The number of ether oxygens (including phenoxy) is 1. The van der Waals surface area contributed by atoms with E-state index in [1.165, 1.54) is 12.0 Å². The van der Waals surface area contributed by atoms with Crippen molar-refractivity contribution in [1.82, 2.24) is 9.88 Å². The maximum atomic E-state index is 12.8. The zero-order chi connectivity index (χ0) is 18.1. The van der Waals surface area contributed by atoms with Gasteiger partial charge in [0.05, 0.1) is 7.11 Å². The number of nitrogens with one attached hydrogen (secondary N) is 1. The first-order valence-electron chi connectivity index (χ1n) is 9.75. The average Bonchev–Trinajstić information content (AvgIpc) is 2.99. The second-order valence-corrected chi connectivity index (χ2v) is 8.33. The van der Waals surface area contributed by atoms with Gasteiger partial charge in [-0.05, 0) is 54.9 Å². The highest BCUT2D eigenvalue weighted by molar-refractivity contribution is 5.91. The molecule has 1 unspecified atom stereocenters. The van der Waals surface area contributed by atoms with E-state index in [2.05, 4.69) is 22.9 Å². The van der Waals surface area contributed by atoms with E-state index in [-0.39, 0.29) is 6.04 Å². The Morgan fingerprint density at radius 2 is 2.31 bits per heavy atom. The minimum atomic E-state index is -0.806. The molecular formula is C21H26N2O3. The smallest absolute Gasteiger partial charge is 0.317 e. The molecule has 3 aliphatic heterocycles. The van der Waals surface area contributed by atoms with Crippen LogP contribution < -0.4 is 4.74 Å². The molecule has 1 aromatic heterocycles. The number of piperidine rings is 2. The highest BCUT2D eigenvalue weighted by Crippen LogP contribution is 2.55. The van der Waals surface area contributed by atoms with Crippen molar-refractivity contribution in [2.45, 2.75) is 44.1 Å². The van der Waals surface area contributed by atoms with Gasteiger partial charge in [0.25, 0.3) is 0 Å². The number of hydrogen-bond donors (Lipinski definition) is 2. The summed E-state index contributed by atoms with van der Waals surface area (Å²) in [7, 11) is 1.68. The summed E-state index contributed by atoms with van der Waals surface area (Å²) in [6.07, 6.45) is 3.89. The lowest BCUT2D eigenvalue weighted by atomic mass is 9.56. The number of carboxylic acid groups (broad SMARTS) is 1. The van der Waals surface area contributed by atoms with Crippen LogP contribution in [-0.4, -0.2) is 47.2 Å². The summed E-state index contributed by atoms with van der Waals surface area (Å²) in [5, 5.41) is 11.6. The molecule has 1 aliphatic carbocycles. The lowest BCUT2D eigenvalue weighted by Gasteiger charge is -2.57. The quantitative estimate of drug-likeness (QED) is 0.888. The predicted octanol–water partition coefficient (Wildman–Crippen LogP) is 3.18. The second-order valence-electron chi connectivity index (χ2n) is 8.33. The zero-order valence-corrected chi connectivity index (χ0v) is 15.4. The fraction of sp³-hybridized carbons (Fsp3) is 0.571. The summed E-state index contributed by atoms with van der Waals surface area (Å²) in [6.45, 7) is 4.22. The normalized spacial score (nSPS) is 35.2. The van der Waals surface area contributed by atoms with Gasteiger partial charge in [-0.25, -0.2) is 0 Å². The van der Waals surface area contributed by atoms with Crippen molar-refractivity contribution in [1.29, 1.82) is 0 Å². The van der Waals surface area contributed by atoms with Crippen molar-refractivity contribution in [3.63, 3.8) is 0 Å².